The number of amides is 2. The van der Waals surface area contributed by atoms with Crippen molar-refractivity contribution >= 4 is 23.4 Å². The first-order chi connectivity index (χ1) is 18.4. The van der Waals surface area contributed by atoms with Gasteiger partial charge in [-0.15, -0.1) is 0 Å². The Balaban J connectivity index is 1.71. The fourth-order valence-corrected chi connectivity index (χ4v) is 4.60. The summed E-state index contributed by atoms with van der Waals surface area (Å²) in [4.78, 5) is 28.2. The molecule has 2 amide bonds. The summed E-state index contributed by atoms with van der Waals surface area (Å²) in [5, 5.41) is 18.0. The zero-order chi connectivity index (χ0) is 27.3. The Kier molecular flexibility index (Phi) is 11.8. The summed E-state index contributed by atoms with van der Waals surface area (Å²) in [5.41, 5.74) is 2.89. The highest BCUT2D eigenvalue weighted by Gasteiger charge is 2.23. The van der Waals surface area contributed by atoms with Crippen LogP contribution in [0.2, 0.25) is 5.02 Å². The molecule has 38 heavy (non-hydrogen) atoms. The number of nitrogens with one attached hydrogen (secondary N) is 2. The van der Waals surface area contributed by atoms with Gasteiger partial charge < -0.3 is 20.6 Å². The van der Waals surface area contributed by atoms with Crippen LogP contribution >= 0.6 is 11.6 Å². The van der Waals surface area contributed by atoms with Crippen molar-refractivity contribution in [3.8, 4) is 0 Å². The molecule has 3 aromatic carbocycles. The third-order valence-corrected chi connectivity index (χ3v) is 6.53. The summed E-state index contributed by atoms with van der Waals surface area (Å²) >= 11 is 6.07. The number of hydrogen-bond donors (Lipinski definition) is 3. The molecule has 0 aromatic heterocycles. The van der Waals surface area contributed by atoms with E-state index in [-0.39, 0.29) is 18.4 Å². The molecule has 0 radical (unpaired) electrons. The van der Waals surface area contributed by atoms with Gasteiger partial charge in [-0.25, -0.2) is 0 Å². The van der Waals surface area contributed by atoms with Gasteiger partial charge in [0.2, 0.25) is 0 Å². The predicted molar refractivity (Wildman–Crippen MR) is 153 cm³/mol. The summed E-state index contributed by atoms with van der Waals surface area (Å²) < 4.78 is 0. The fourth-order valence-electron chi connectivity index (χ4n) is 4.39. The zero-order valence-corrected chi connectivity index (χ0v) is 23.0. The van der Waals surface area contributed by atoms with E-state index in [1.54, 1.807) is 24.3 Å². The van der Waals surface area contributed by atoms with Crippen molar-refractivity contribution in [1.82, 2.24) is 15.5 Å². The Labute approximate surface area is 231 Å². The lowest BCUT2D eigenvalue weighted by molar-refractivity contribution is 0.0755. The van der Waals surface area contributed by atoms with Crippen molar-refractivity contribution in [3.05, 3.63) is 106 Å². The van der Waals surface area contributed by atoms with Gasteiger partial charge in [0, 0.05) is 42.3 Å². The maximum Gasteiger partial charge on any atom is 0.253 e. The van der Waals surface area contributed by atoms with E-state index < -0.39 is 12.1 Å². The van der Waals surface area contributed by atoms with Gasteiger partial charge >= 0.3 is 0 Å². The summed E-state index contributed by atoms with van der Waals surface area (Å²) in [5.74, 6) is -0.401. The number of rotatable bonds is 14. The fraction of sp³-hybridized carbons (Fsp3) is 0.355. The van der Waals surface area contributed by atoms with Gasteiger partial charge in [0.25, 0.3) is 11.8 Å². The maximum atomic E-state index is 13.3. The minimum Gasteiger partial charge on any atom is -0.390 e. The monoisotopic (exact) mass is 535 g/mol. The largest absolute Gasteiger partial charge is 0.390 e. The number of hydrogen-bond acceptors (Lipinski definition) is 4. The molecule has 0 aliphatic carbocycles. The van der Waals surface area contributed by atoms with Crippen molar-refractivity contribution in [3.63, 3.8) is 0 Å². The minimum atomic E-state index is -0.840. The molecule has 2 atom stereocenters. The molecule has 0 saturated heterocycles. The second-order valence-corrected chi connectivity index (χ2v) is 9.91. The molecule has 0 bridgehead atoms. The van der Waals surface area contributed by atoms with Gasteiger partial charge in [-0.05, 0) is 60.7 Å². The smallest absolute Gasteiger partial charge is 0.253 e. The number of carbonyl (C=O) groups excluding carboxylic acids is 2. The first-order valence-electron chi connectivity index (χ1n) is 13.3. The molecule has 202 valence electrons. The van der Waals surface area contributed by atoms with Crippen LogP contribution in [0.15, 0.2) is 78.9 Å². The average molecular weight is 536 g/mol. The van der Waals surface area contributed by atoms with E-state index in [4.69, 9.17) is 11.6 Å². The lowest BCUT2D eigenvalue weighted by Gasteiger charge is -2.25. The van der Waals surface area contributed by atoms with E-state index in [0.29, 0.717) is 42.2 Å². The Morgan fingerprint density at radius 3 is 2.21 bits per heavy atom. The van der Waals surface area contributed by atoms with Crippen molar-refractivity contribution in [2.24, 2.45) is 0 Å². The average Bonchev–Trinajstić information content (AvgIpc) is 2.93. The Morgan fingerprint density at radius 1 is 0.868 bits per heavy atom. The Hall–Kier alpha value is -3.19. The summed E-state index contributed by atoms with van der Waals surface area (Å²) in [7, 11) is 0. The standard InChI is InChI=1S/C31H38ClN3O3/c1-3-16-35(17-4-2)31(38)26-14-9-13-25(20-26)30(37)34-28(19-23-10-6-5-7-11-23)29(36)22-33-21-24-12-8-15-27(32)18-24/h5-15,18,20,28-29,33,36H,3-4,16-17,19,21-22H2,1-2H3,(H,34,37)/t28-,29+/m0/s1. The topological polar surface area (TPSA) is 81.7 Å². The van der Waals surface area contributed by atoms with Crippen LogP contribution < -0.4 is 10.6 Å². The highest BCUT2D eigenvalue weighted by molar-refractivity contribution is 6.30. The van der Waals surface area contributed by atoms with Gasteiger partial charge in [-0.1, -0.05) is 74.0 Å². The van der Waals surface area contributed by atoms with Crippen molar-refractivity contribution in [1.29, 1.82) is 0 Å². The molecular formula is C31H38ClN3O3. The molecule has 0 heterocycles. The molecule has 7 heteroatoms. The third kappa shape index (κ3) is 8.98. The van der Waals surface area contributed by atoms with Crippen molar-refractivity contribution in [2.45, 2.75) is 51.8 Å². The van der Waals surface area contributed by atoms with Gasteiger partial charge in [0.15, 0.2) is 0 Å². The second kappa shape index (κ2) is 15.3. The number of carbonyl (C=O) groups is 2. The minimum absolute atomic E-state index is 0.0746. The van der Waals surface area contributed by atoms with Crippen molar-refractivity contribution in [2.75, 3.05) is 19.6 Å². The summed E-state index contributed by atoms with van der Waals surface area (Å²) in [6.45, 7) is 6.27. The Morgan fingerprint density at radius 2 is 1.53 bits per heavy atom. The number of benzene rings is 3. The highest BCUT2D eigenvalue weighted by Crippen LogP contribution is 2.13. The van der Waals surface area contributed by atoms with Crippen LogP contribution in [0, 0.1) is 0 Å². The molecule has 0 fully saturated rings. The van der Waals surface area contributed by atoms with E-state index in [9.17, 15) is 14.7 Å². The summed E-state index contributed by atoms with van der Waals surface area (Å²) in [6.07, 6.45) is 1.37. The quantitative estimate of drug-likeness (QED) is 0.268. The first-order valence-corrected chi connectivity index (χ1v) is 13.7. The molecule has 0 unspecified atom stereocenters. The van der Waals surface area contributed by atoms with Gasteiger partial charge in [-0.3, -0.25) is 9.59 Å². The first kappa shape index (κ1) is 29.4. The van der Waals surface area contributed by atoms with E-state index in [1.165, 1.54) is 0 Å². The van der Waals surface area contributed by atoms with E-state index in [1.807, 2.05) is 73.3 Å². The number of aliphatic hydroxyl groups excluding tert-OH is 1. The normalized spacial score (nSPS) is 12.5. The molecule has 0 spiro atoms. The molecule has 0 saturated carbocycles. The van der Waals surface area contributed by atoms with Crippen LogP contribution in [0.25, 0.3) is 0 Å². The number of aliphatic hydroxyl groups is 1. The van der Waals surface area contributed by atoms with Crippen LogP contribution in [0.3, 0.4) is 0 Å². The molecule has 3 N–H and O–H groups in total. The molecular weight excluding hydrogens is 498 g/mol. The summed E-state index contributed by atoms with van der Waals surface area (Å²) in [6, 6.07) is 23.6. The van der Waals surface area contributed by atoms with Crippen LogP contribution in [0.5, 0.6) is 0 Å². The molecule has 0 aliphatic heterocycles. The second-order valence-electron chi connectivity index (χ2n) is 9.47. The van der Waals surface area contributed by atoms with E-state index >= 15 is 0 Å². The van der Waals surface area contributed by atoms with Crippen LogP contribution in [0.1, 0.15) is 58.5 Å². The number of nitrogens with zero attached hydrogens (tertiary/aromatic N) is 1. The predicted octanol–water partition coefficient (Wildman–Crippen LogP) is 5.09. The molecule has 3 aromatic rings. The van der Waals surface area contributed by atoms with Crippen LogP contribution in [-0.4, -0.2) is 53.6 Å². The lowest BCUT2D eigenvalue weighted by atomic mass is 10.00. The maximum absolute atomic E-state index is 13.3. The number of halogens is 1. The zero-order valence-electron chi connectivity index (χ0n) is 22.2. The van der Waals surface area contributed by atoms with Crippen LogP contribution in [-0.2, 0) is 13.0 Å². The van der Waals surface area contributed by atoms with Gasteiger partial charge in [-0.2, -0.15) is 0 Å². The SMILES string of the molecule is CCCN(CCC)C(=O)c1cccc(C(=O)N[C@@H](Cc2ccccc2)[C@H](O)CNCc2cccc(Cl)c2)c1. The van der Waals surface area contributed by atoms with E-state index in [0.717, 1.165) is 24.0 Å². The van der Waals surface area contributed by atoms with Crippen molar-refractivity contribution < 1.29 is 14.7 Å². The third-order valence-electron chi connectivity index (χ3n) is 6.30. The van der Waals surface area contributed by atoms with Gasteiger partial charge in [0.1, 0.15) is 0 Å². The molecule has 6 nitrogen and oxygen atoms in total. The van der Waals surface area contributed by atoms with Gasteiger partial charge in [0.05, 0.1) is 12.1 Å². The van der Waals surface area contributed by atoms with Crippen LogP contribution in [0.4, 0.5) is 0 Å². The lowest BCUT2D eigenvalue weighted by Crippen LogP contribution is -2.48. The highest BCUT2D eigenvalue weighted by atomic mass is 35.5. The molecule has 3 rings (SSSR count). The molecule has 0 aliphatic rings. The Bertz CT molecular complexity index is 1170. The van der Waals surface area contributed by atoms with E-state index in [2.05, 4.69) is 10.6 Å².